The average molecular weight is 549 g/mol. The highest BCUT2D eigenvalue weighted by molar-refractivity contribution is 6.30. The van der Waals surface area contributed by atoms with Gasteiger partial charge in [0, 0.05) is 34.3 Å². The van der Waals surface area contributed by atoms with Crippen LogP contribution < -0.4 is 9.47 Å². The van der Waals surface area contributed by atoms with E-state index in [1.54, 1.807) is 32.1 Å². The van der Waals surface area contributed by atoms with E-state index in [4.69, 9.17) is 25.8 Å². The lowest BCUT2D eigenvalue weighted by molar-refractivity contribution is -0.136. The Morgan fingerprint density at radius 2 is 1.67 bits per heavy atom. The highest BCUT2D eigenvalue weighted by atomic mass is 35.5. The monoisotopic (exact) mass is 548 g/mol. The van der Waals surface area contributed by atoms with Crippen molar-refractivity contribution >= 4 is 29.6 Å². The van der Waals surface area contributed by atoms with Gasteiger partial charge >= 0.3 is 5.97 Å². The summed E-state index contributed by atoms with van der Waals surface area (Å²) in [7, 11) is 4.50. The first kappa shape index (κ1) is 28.0. The van der Waals surface area contributed by atoms with Crippen LogP contribution in [0.3, 0.4) is 0 Å². The number of esters is 1. The molecule has 0 saturated heterocycles. The molecule has 0 aliphatic carbocycles. The molecule has 0 spiro atoms. The van der Waals surface area contributed by atoms with Gasteiger partial charge in [0.25, 0.3) is 5.91 Å². The summed E-state index contributed by atoms with van der Waals surface area (Å²) in [6.45, 7) is 8.18. The summed E-state index contributed by atoms with van der Waals surface area (Å²) in [4.78, 5) is 28.2. The minimum Gasteiger partial charge on any atom is -0.493 e. The summed E-state index contributed by atoms with van der Waals surface area (Å²) in [5.74, 6) is 0.479. The Morgan fingerprint density at radius 1 is 0.949 bits per heavy atom. The number of aromatic nitrogens is 1. The fraction of sp³-hybridized carbons (Fsp3) is 0.290. The molecule has 1 aromatic heterocycles. The number of methoxy groups -OCH3 is 3. The minimum atomic E-state index is -0.541. The van der Waals surface area contributed by atoms with Gasteiger partial charge in [-0.1, -0.05) is 23.7 Å². The van der Waals surface area contributed by atoms with Crippen molar-refractivity contribution < 1.29 is 23.8 Å². The van der Waals surface area contributed by atoms with Gasteiger partial charge in [-0.05, 0) is 87.2 Å². The van der Waals surface area contributed by atoms with Crippen LogP contribution in [0.5, 0.6) is 11.5 Å². The number of hydrogen-bond acceptors (Lipinski definition) is 5. The number of benzene rings is 2. The van der Waals surface area contributed by atoms with E-state index in [9.17, 15) is 9.59 Å². The fourth-order valence-electron chi connectivity index (χ4n) is 5.06. The Morgan fingerprint density at radius 3 is 2.33 bits per heavy atom. The molecule has 2 aromatic carbocycles. The van der Waals surface area contributed by atoms with Gasteiger partial charge in [0.15, 0.2) is 11.5 Å². The lowest BCUT2D eigenvalue weighted by Crippen LogP contribution is -2.27. The van der Waals surface area contributed by atoms with Crippen molar-refractivity contribution in [2.75, 3.05) is 27.9 Å². The van der Waals surface area contributed by atoms with Crippen LogP contribution >= 0.6 is 11.6 Å². The van der Waals surface area contributed by atoms with Crippen LogP contribution in [-0.2, 0) is 20.7 Å². The Kier molecular flexibility index (Phi) is 8.21. The number of carbonyl (C=O) groups excluding carboxylic acids is 2. The van der Waals surface area contributed by atoms with Crippen molar-refractivity contribution in [1.29, 1.82) is 0 Å². The maximum atomic E-state index is 13.7. The number of carbonyl (C=O) groups is 2. The van der Waals surface area contributed by atoms with E-state index >= 15 is 0 Å². The summed E-state index contributed by atoms with van der Waals surface area (Å²) >= 11 is 6.30. The number of rotatable bonds is 8. The van der Waals surface area contributed by atoms with Gasteiger partial charge < -0.3 is 23.7 Å². The highest BCUT2D eigenvalue weighted by Gasteiger charge is 2.37. The number of amides is 1. The number of aryl methyl sites for hydroxylation is 2. The molecule has 8 heteroatoms. The second kappa shape index (κ2) is 11.4. The van der Waals surface area contributed by atoms with Gasteiger partial charge in [0.2, 0.25) is 0 Å². The Bertz CT molecular complexity index is 1520. The van der Waals surface area contributed by atoms with Gasteiger partial charge in [0.1, 0.15) is 0 Å². The zero-order valence-electron chi connectivity index (χ0n) is 23.3. The number of nitrogens with zero attached hydrogens (tertiary/aromatic N) is 2. The highest BCUT2D eigenvalue weighted by Crippen LogP contribution is 2.34. The summed E-state index contributed by atoms with van der Waals surface area (Å²) in [5.41, 5.74) is 6.94. The predicted molar refractivity (Wildman–Crippen MR) is 153 cm³/mol. The molecule has 0 fully saturated rings. The summed E-state index contributed by atoms with van der Waals surface area (Å²) in [5, 5.41) is 0.644. The number of hydrogen-bond donors (Lipinski definition) is 0. The summed E-state index contributed by atoms with van der Waals surface area (Å²) in [6, 6.07) is 13.4. The Balaban J connectivity index is 1.70. The average Bonchev–Trinajstić information content (AvgIpc) is 3.33. The quantitative estimate of drug-likeness (QED) is 0.255. The molecule has 1 amide bonds. The van der Waals surface area contributed by atoms with Gasteiger partial charge in [-0.25, -0.2) is 4.79 Å². The van der Waals surface area contributed by atoms with E-state index in [1.807, 2.05) is 63.2 Å². The SMILES string of the molecule is COC(=O)C1=C(C)N(CCc2ccc(OC)c(OC)c2)C(=O)/C1=C\c1cc(C)n(-c2cc(Cl)ccc2C)c1C. The van der Waals surface area contributed by atoms with Crippen molar-refractivity contribution in [3.8, 4) is 17.2 Å². The molecule has 4 rings (SSSR count). The van der Waals surface area contributed by atoms with Crippen molar-refractivity contribution in [2.45, 2.75) is 34.1 Å². The van der Waals surface area contributed by atoms with E-state index in [0.29, 0.717) is 40.8 Å². The molecule has 0 saturated carbocycles. The van der Waals surface area contributed by atoms with Crippen LogP contribution in [0.25, 0.3) is 11.8 Å². The molecule has 0 N–H and O–H groups in total. The zero-order valence-corrected chi connectivity index (χ0v) is 24.1. The van der Waals surface area contributed by atoms with Crippen molar-refractivity contribution in [3.05, 3.63) is 92.4 Å². The molecule has 2 heterocycles. The van der Waals surface area contributed by atoms with E-state index in [-0.39, 0.29) is 11.5 Å². The van der Waals surface area contributed by atoms with Gasteiger partial charge in [0.05, 0.1) is 32.5 Å². The fourth-order valence-corrected chi connectivity index (χ4v) is 5.22. The van der Waals surface area contributed by atoms with Gasteiger partial charge in [-0.3, -0.25) is 4.79 Å². The number of ether oxygens (including phenoxy) is 3. The molecule has 0 unspecified atom stereocenters. The molecule has 7 nitrogen and oxygen atoms in total. The van der Waals surface area contributed by atoms with E-state index in [1.165, 1.54) is 7.11 Å². The van der Waals surface area contributed by atoms with E-state index in [2.05, 4.69) is 4.57 Å². The lowest BCUT2D eigenvalue weighted by atomic mass is 10.0. The van der Waals surface area contributed by atoms with E-state index in [0.717, 1.165) is 33.8 Å². The van der Waals surface area contributed by atoms with Crippen LogP contribution in [0, 0.1) is 20.8 Å². The standard InChI is InChI=1S/C31H33ClN2O5/c1-18-8-10-24(32)17-26(18)34-19(2)14-23(20(34)3)16-25-29(31(36)39-7)21(4)33(30(25)35)13-12-22-9-11-27(37-5)28(15-22)38-6/h8-11,14-17H,12-13H2,1-7H3/b25-16-. The second-order valence-corrected chi connectivity index (χ2v) is 9.94. The van der Waals surface area contributed by atoms with Gasteiger partial charge in [-0.2, -0.15) is 0 Å². The molecule has 1 aliphatic heterocycles. The predicted octanol–water partition coefficient (Wildman–Crippen LogP) is 5.99. The molecule has 3 aromatic rings. The minimum absolute atomic E-state index is 0.239. The zero-order chi connectivity index (χ0) is 28.4. The third-order valence-electron chi connectivity index (χ3n) is 7.16. The molecule has 204 valence electrons. The summed E-state index contributed by atoms with van der Waals surface area (Å²) in [6.07, 6.45) is 2.35. The Hall–Kier alpha value is -3.97. The lowest BCUT2D eigenvalue weighted by Gasteiger charge is -2.18. The topological polar surface area (TPSA) is 70.0 Å². The van der Waals surface area contributed by atoms with Crippen LogP contribution in [0.15, 0.2) is 59.3 Å². The number of allylic oxidation sites excluding steroid dienone is 1. The number of halogens is 1. The smallest absolute Gasteiger partial charge is 0.340 e. The molecule has 39 heavy (non-hydrogen) atoms. The van der Waals surface area contributed by atoms with Crippen molar-refractivity contribution in [3.63, 3.8) is 0 Å². The maximum absolute atomic E-state index is 13.7. The van der Waals surface area contributed by atoms with Crippen LogP contribution in [0.1, 0.15) is 35.0 Å². The Labute approximate surface area is 234 Å². The normalized spacial score (nSPS) is 14.4. The molecule has 0 atom stereocenters. The third-order valence-corrected chi connectivity index (χ3v) is 7.39. The van der Waals surface area contributed by atoms with Crippen LogP contribution in [0.4, 0.5) is 0 Å². The maximum Gasteiger partial charge on any atom is 0.340 e. The molecular weight excluding hydrogens is 516 g/mol. The first-order valence-corrected chi connectivity index (χ1v) is 13.0. The van der Waals surface area contributed by atoms with E-state index < -0.39 is 5.97 Å². The molecule has 0 bridgehead atoms. The van der Waals surface area contributed by atoms with Crippen molar-refractivity contribution in [2.24, 2.45) is 0 Å². The largest absolute Gasteiger partial charge is 0.493 e. The van der Waals surface area contributed by atoms with Gasteiger partial charge in [-0.15, -0.1) is 0 Å². The first-order chi connectivity index (χ1) is 18.6. The third kappa shape index (κ3) is 5.32. The molecule has 0 radical (unpaired) electrons. The van der Waals surface area contributed by atoms with Crippen LogP contribution in [-0.4, -0.2) is 49.2 Å². The van der Waals surface area contributed by atoms with Crippen molar-refractivity contribution in [1.82, 2.24) is 9.47 Å². The van der Waals surface area contributed by atoms with Crippen LogP contribution in [0.2, 0.25) is 5.02 Å². The summed E-state index contributed by atoms with van der Waals surface area (Å²) < 4.78 is 17.9. The molecule has 1 aliphatic rings. The first-order valence-electron chi connectivity index (χ1n) is 12.6. The molecular formula is C31H33ClN2O5. The second-order valence-electron chi connectivity index (χ2n) is 9.50.